The van der Waals surface area contributed by atoms with Gasteiger partial charge in [0.05, 0.1) is 22.2 Å². The molecule has 0 N–H and O–H groups in total. The van der Waals surface area contributed by atoms with Gasteiger partial charge < -0.3 is 0 Å². The molecule has 2 atom stereocenters. The van der Waals surface area contributed by atoms with E-state index in [2.05, 4.69) is 11.1 Å². The van der Waals surface area contributed by atoms with Crippen molar-refractivity contribution in [3.63, 3.8) is 0 Å². The van der Waals surface area contributed by atoms with Crippen LogP contribution in [-0.4, -0.2) is 14.8 Å². The zero-order valence-electron chi connectivity index (χ0n) is 11.8. The summed E-state index contributed by atoms with van der Waals surface area (Å²) in [6.07, 6.45) is 0.842. The van der Waals surface area contributed by atoms with E-state index in [-0.39, 0.29) is 16.9 Å². The van der Waals surface area contributed by atoms with Crippen LogP contribution in [0.15, 0.2) is 34.2 Å². The van der Waals surface area contributed by atoms with E-state index in [0.29, 0.717) is 16.1 Å². The number of aromatic nitrogens is 2. The minimum Gasteiger partial charge on any atom is -0.284 e. The Morgan fingerprint density at radius 1 is 1.40 bits per heavy atom. The second-order valence-electron chi connectivity index (χ2n) is 4.73. The maximum absolute atomic E-state index is 12.6. The van der Waals surface area contributed by atoms with Gasteiger partial charge in [-0.25, -0.2) is 4.98 Å². The van der Waals surface area contributed by atoms with Crippen molar-refractivity contribution in [3.8, 4) is 6.07 Å². The molecule has 0 unspecified atom stereocenters. The topological polar surface area (TPSA) is 58.7 Å². The second kappa shape index (κ2) is 6.10. The number of fused-ring (bicyclic) bond motifs is 1. The van der Waals surface area contributed by atoms with Crippen molar-refractivity contribution in [2.24, 2.45) is 0 Å². The maximum Gasteiger partial charge on any atom is 0.262 e. The molecule has 104 valence electrons. The normalized spacial score (nSPS) is 13.9. The van der Waals surface area contributed by atoms with Crippen LogP contribution < -0.4 is 5.56 Å². The van der Waals surface area contributed by atoms with Gasteiger partial charge in [-0.15, -0.1) is 0 Å². The molecule has 0 spiro atoms. The predicted octanol–water partition coefficient (Wildman–Crippen LogP) is 3.37. The summed E-state index contributed by atoms with van der Waals surface area (Å²) >= 11 is 1.33. The molecule has 1 aromatic heterocycles. The van der Waals surface area contributed by atoms with Crippen molar-refractivity contribution in [1.29, 1.82) is 5.26 Å². The van der Waals surface area contributed by atoms with Gasteiger partial charge in [0, 0.05) is 6.04 Å². The molecule has 20 heavy (non-hydrogen) atoms. The molecule has 2 aromatic rings. The molecule has 2 rings (SSSR count). The Labute approximate surface area is 122 Å². The molecule has 0 radical (unpaired) electrons. The third-order valence-electron chi connectivity index (χ3n) is 3.27. The first-order valence-electron chi connectivity index (χ1n) is 6.66. The van der Waals surface area contributed by atoms with Crippen LogP contribution in [0.1, 0.15) is 33.2 Å². The number of nitrogens with zero attached hydrogens (tertiary/aromatic N) is 3. The van der Waals surface area contributed by atoms with E-state index in [9.17, 15) is 4.79 Å². The molecule has 0 aliphatic heterocycles. The molecule has 0 fully saturated rings. The summed E-state index contributed by atoms with van der Waals surface area (Å²) in [5, 5.41) is 9.99. The zero-order chi connectivity index (χ0) is 14.7. The minimum atomic E-state index is -0.238. The van der Waals surface area contributed by atoms with Crippen LogP contribution >= 0.6 is 11.8 Å². The minimum absolute atomic E-state index is 0.0300. The van der Waals surface area contributed by atoms with Gasteiger partial charge >= 0.3 is 0 Å². The van der Waals surface area contributed by atoms with Crippen molar-refractivity contribution in [3.05, 3.63) is 34.6 Å². The molecular formula is C15H17N3OS. The van der Waals surface area contributed by atoms with Gasteiger partial charge in [-0.2, -0.15) is 5.26 Å². The van der Waals surface area contributed by atoms with Gasteiger partial charge in [0.2, 0.25) is 0 Å². The third kappa shape index (κ3) is 2.70. The average Bonchev–Trinajstić information content (AvgIpc) is 2.46. The molecule has 1 aromatic carbocycles. The van der Waals surface area contributed by atoms with Gasteiger partial charge in [-0.05, 0) is 32.4 Å². The fraction of sp³-hybridized carbons (Fsp3) is 0.400. The van der Waals surface area contributed by atoms with Gasteiger partial charge in [0.1, 0.15) is 0 Å². The number of hydrogen-bond donors (Lipinski definition) is 0. The molecule has 0 amide bonds. The molecule has 0 saturated heterocycles. The van der Waals surface area contributed by atoms with E-state index in [1.165, 1.54) is 11.8 Å². The summed E-state index contributed by atoms with van der Waals surface area (Å²) in [4.78, 5) is 17.2. The number of nitriles is 1. The van der Waals surface area contributed by atoms with Crippen molar-refractivity contribution in [2.45, 2.75) is 43.6 Å². The maximum atomic E-state index is 12.6. The molecule has 5 heteroatoms. The first kappa shape index (κ1) is 14.6. The van der Waals surface area contributed by atoms with Crippen molar-refractivity contribution in [2.75, 3.05) is 0 Å². The molecule has 0 saturated carbocycles. The Kier molecular flexibility index (Phi) is 4.46. The highest BCUT2D eigenvalue weighted by Gasteiger charge is 2.17. The Bertz CT molecular complexity index is 717. The van der Waals surface area contributed by atoms with Gasteiger partial charge in [-0.3, -0.25) is 9.36 Å². The van der Waals surface area contributed by atoms with Crippen LogP contribution in [0.3, 0.4) is 0 Å². The summed E-state index contributed by atoms with van der Waals surface area (Å²) < 4.78 is 1.71. The summed E-state index contributed by atoms with van der Waals surface area (Å²) in [6.45, 7) is 5.85. The first-order chi connectivity index (χ1) is 9.58. The predicted molar refractivity (Wildman–Crippen MR) is 81.9 cm³/mol. The van der Waals surface area contributed by atoms with E-state index in [1.807, 2.05) is 39.0 Å². The third-order valence-corrected chi connectivity index (χ3v) is 4.23. The van der Waals surface area contributed by atoms with E-state index < -0.39 is 0 Å². The Hall–Kier alpha value is -1.80. The zero-order valence-corrected chi connectivity index (χ0v) is 12.6. The largest absolute Gasteiger partial charge is 0.284 e. The van der Waals surface area contributed by atoms with Gasteiger partial charge in [0.25, 0.3) is 5.56 Å². The highest BCUT2D eigenvalue weighted by atomic mass is 32.2. The smallest absolute Gasteiger partial charge is 0.262 e. The summed E-state index contributed by atoms with van der Waals surface area (Å²) in [7, 11) is 0. The Morgan fingerprint density at radius 2 is 2.10 bits per heavy atom. The second-order valence-corrected chi connectivity index (χ2v) is 6.04. The number of benzene rings is 1. The van der Waals surface area contributed by atoms with Crippen LogP contribution in [0.2, 0.25) is 0 Å². The van der Waals surface area contributed by atoms with E-state index in [4.69, 9.17) is 5.26 Å². The van der Waals surface area contributed by atoms with Crippen molar-refractivity contribution in [1.82, 2.24) is 9.55 Å². The average molecular weight is 287 g/mol. The van der Waals surface area contributed by atoms with Gasteiger partial charge in [-0.1, -0.05) is 30.8 Å². The molecular weight excluding hydrogens is 270 g/mol. The standard InChI is InChI=1S/C15H17N3OS/c1-4-10(2)18-14(19)12-7-5-6-8-13(12)17-15(18)20-11(3)9-16/h5-8,10-11H,4H2,1-3H3/t10-,11-/m1/s1. The van der Waals surface area contributed by atoms with E-state index in [0.717, 1.165) is 6.42 Å². The lowest BCUT2D eigenvalue weighted by Gasteiger charge is -2.18. The molecule has 0 bridgehead atoms. The van der Waals surface area contributed by atoms with E-state index in [1.54, 1.807) is 10.6 Å². The van der Waals surface area contributed by atoms with Crippen molar-refractivity contribution >= 4 is 22.7 Å². The SMILES string of the molecule is CC[C@@H](C)n1c(S[C@H](C)C#N)nc2ccccc2c1=O. The lowest BCUT2D eigenvalue weighted by atomic mass is 10.2. The number of thioether (sulfide) groups is 1. The first-order valence-corrected chi connectivity index (χ1v) is 7.54. The quantitative estimate of drug-likeness (QED) is 0.639. The fourth-order valence-electron chi connectivity index (χ4n) is 1.96. The number of hydrogen-bond acceptors (Lipinski definition) is 4. The van der Waals surface area contributed by atoms with Gasteiger partial charge in [0.15, 0.2) is 5.16 Å². The summed E-state index contributed by atoms with van der Waals surface area (Å²) in [5.74, 6) is 0. The Morgan fingerprint density at radius 3 is 2.75 bits per heavy atom. The lowest BCUT2D eigenvalue weighted by Crippen LogP contribution is -2.26. The van der Waals surface area contributed by atoms with E-state index >= 15 is 0 Å². The number of para-hydroxylation sites is 1. The highest BCUT2D eigenvalue weighted by Crippen LogP contribution is 2.25. The molecule has 1 heterocycles. The highest BCUT2D eigenvalue weighted by molar-refractivity contribution is 8.00. The molecule has 0 aliphatic rings. The molecule has 0 aliphatic carbocycles. The number of rotatable bonds is 4. The fourth-order valence-corrected chi connectivity index (χ4v) is 2.86. The lowest BCUT2D eigenvalue weighted by molar-refractivity contribution is 0.468. The van der Waals surface area contributed by atoms with Crippen LogP contribution in [0.5, 0.6) is 0 Å². The van der Waals surface area contributed by atoms with Crippen LogP contribution in [0.4, 0.5) is 0 Å². The monoisotopic (exact) mass is 287 g/mol. The Balaban J connectivity index is 2.70. The van der Waals surface area contributed by atoms with Crippen LogP contribution in [-0.2, 0) is 0 Å². The summed E-state index contributed by atoms with van der Waals surface area (Å²) in [5.41, 5.74) is 0.655. The van der Waals surface area contributed by atoms with Crippen LogP contribution in [0.25, 0.3) is 10.9 Å². The molecule has 4 nitrogen and oxygen atoms in total. The van der Waals surface area contributed by atoms with Crippen molar-refractivity contribution < 1.29 is 0 Å². The summed E-state index contributed by atoms with van der Waals surface area (Å²) in [6, 6.07) is 9.58. The van der Waals surface area contributed by atoms with Crippen LogP contribution in [0, 0.1) is 11.3 Å².